The summed E-state index contributed by atoms with van der Waals surface area (Å²) in [5, 5.41) is 5.47. The molecule has 5 aromatic rings. The summed E-state index contributed by atoms with van der Waals surface area (Å²) in [5.41, 5.74) is 15.2. The highest BCUT2D eigenvalue weighted by atomic mass is 16.5. The van der Waals surface area contributed by atoms with E-state index < -0.39 is 0 Å². The molecular formula is C27H26N6O. The Kier molecular flexibility index (Phi) is 5.77. The molecule has 0 saturated heterocycles. The highest BCUT2D eigenvalue weighted by molar-refractivity contribution is 5.92. The Morgan fingerprint density at radius 1 is 0.912 bits per heavy atom. The van der Waals surface area contributed by atoms with Gasteiger partial charge in [0.25, 0.3) is 0 Å². The van der Waals surface area contributed by atoms with Crippen molar-refractivity contribution in [2.45, 2.75) is 20.4 Å². The van der Waals surface area contributed by atoms with E-state index in [9.17, 15) is 0 Å². The Morgan fingerprint density at radius 2 is 1.71 bits per heavy atom. The van der Waals surface area contributed by atoms with E-state index >= 15 is 0 Å². The number of hydrogen-bond acceptors (Lipinski definition) is 6. The Morgan fingerprint density at radius 3 is 2.50 bits per heavy atom. The second kappa shape index (κ2) is 9.03. The molecule has 7 heteroatoms. The Labute approximate surface area is 198 Å². The number of ether oxygens (including phenoxy) is 1. The van der Waals surface area contributed by atoms with Crippen LogP contribution in [0.25, 0.3) is 44.4 Å². The molecule has 3 aromatic heterocycles. The molecule has 0 amide bonds. The predicted molar refractivity (Wildman–Crippen MR) is 135 cm³/mol. The van der Waals surface area contributed by atoms with Gasteiger partial charge in [-0.25, -0.2) is 15.0 Å². The third-order valence-corrected chi connectivity index (χ3v) is 5.99. The predicted octanol–water partition coefficient (Wildman–Crippen LogP) is 5.07. The van der Waals surface area contributed by atoms with Gasteiger partial charge in [0.15, 0.2) is 0 Å². The lowest BCUT2D eigenvalue weighted by Gasteiger charge is -2.14. The minimum absolute atomic E-state index is 0.464. The van der Waals surface area contributed by atoms with E-state index in [2.05, 4.69) is 64.5 Å². The first-order chi connectivity index (χ1) is 16.5. The molecule has 0 aliphatic carbocycles. The van der Waals surface area contributed by atoms with Crippen molar-refractivity contribution in [2.24, 2.45) is 0 Å². The van der Waals surface area contributed by atoms with Gasteiger partial charge < -0.3 is 10.5 Å². The lowest BCUT2D eigenvalue weighted by Crippen LogP contribution is -2.04. The summed E-state index contributed by atoms with van der Waals surface area (Å²) in [7, 11) is 1.68. The number of methoxy groups -OCH3 is 1. The lowest BCUT2D eigenvalue weighted by molar-refractivity contribution is 0.183. The summed E-state index contributed by atoms with van der Waals surface area (Å²) in [6, 6.07) is 16.7. The Bertz CT molecular complexity index is 1470. The quantitative estimate of drug-likeness (QED) is 0.388. The second-order valence-corrected chi connectivity index (χ2v) is 8.36. The molecule has 0 atom stereocenters. The largest absolute Gasteiger partial charge is 0.383 e. The highest BCUT2D eigenvalue weighted by Gasteiger charge is 2.17. The number of aromatic nitrogens is 5. The number of nitrogens with zero attached hydrogens (tertiary/aromatic N) is 5. The average molecular weight is 451 g/mol. The molecule has 0 spiro atoms. The molecule has 170 valence electrons. The van der Waals surface area contributed by atoms with E-state index in [1.54, 1.807) is 13.4 Å². The van der Waals surface area contributed by atoms with Crippen molar-refractivity contribution >= 4 is 16.7 Å². The number of fused-ring (bicyclic) bond motifs is 1. The molecule has 5 rings (SSSR count). The normalized spacial score (nSPS) is 11.3. The van der Waals surface area contributed by atoms with E-state index in [4.69, 9.17) is 15.5 Å². The molecule has 7 nitrogen and oxygen atoms in total. The van der Waals surface area contributed by atoms with Crippen LogP contribution in [0.3, 0.4) is 0 Å². The summed E-state index contributed by atoms with van der Waals surface area (Å²) in [6.45, 7) is 5.33. The van der Waals surface area contributed by atoms with Crippen LogP contribution >= 0.6 is 0 Å². The average Bonchev–Trinajstić information content (AvgIpc) is 3.32. The first-order valence-corrected chi connectivity index (χ1v) is 11.1. The molecule has 0 unspecified atom stereocenters. The van der Waals surface area contributed by atoms with Gasteiger partial charge in [0.2, 0.25) is 0 Å². The van der Waals surface area contributed by atoms with Crippen LogP contribution in [0, 0.1) is 13.8 Å². The van der Waals surface area contributed by atoms with Gasteiger partial charge in [0.05, 0.1) is 30.6 Å². The molecule has 2 N–H and O–H groups in total. The van der Waals surface area contributed by atoms with Crippen molar-refractivity contribution in [1.82, 2.24) is 24.7 Å². The molecule has 0 aliphatic rings. The van der Waals surface area contributed by atoms with Crippen molar-refractivity contribution in [1.29, 1.82) is 0 Å². The number of aryl methyl sites for hydroxylation is 2. The SMILES string of the molecule is COCCn1cc(-c2cc(-c3ccc4ncnc(C)c4c3)c(-c3ccc(C)cc3)nc2N)cn1. The highest BCUT2D eigenvalue weighted by Crippen LogP contribution is 2.38. The lowest BCUT2D eigenvalue weighted by atomic mass is 9.94. The molecule has 0 radical (unpaired) electrons. The van der Waals surface area contributed by atoms with Crippen LogP contribution in [0.2, 0.25) is 0 Å². The number of anilines is 1. The monoisotopic (exact) mass is 450 g/mol. The molecule has 0 aliphatic heterocycles. The van der Waals surface area contributed by atoms with Gasteiger partial charge in [0, 0.05) is 46.6 Å². The standard InChI is InChI=1S/C27H26N6O/c1-17-4-6-19(7-5-17)26-23(20-8-9-25-22(12-20)18(2)29-16-30-25)13-24(27(28)32-26)21-14-31-33(15-21)10-11-34-3/h4-9,12-16H,10-11H2,1-3H3,(H2,28,32). The fourth-order valence-corrected chi connectivity index (χ4v) is 4.07. The van der Waals surface area contributed by atoms with Crippen molar-refractivity contribution < 1.29 is 4.74 Å². The van der Waals surface area contributed by atoms with Crippen molar-refractivity contribution in [3.63, 3.8) is 0 Å². The van der Waals surface area contributed by atoms with Crippen LogP contribution in [0.15, 0.2) is 67.3 Å². The van der Waals surface area contributed by atoms with Gasteiger partial charge in [-0.15, -0.1) is 0 Å². The van der Waals surface area contributed by atoms with E-state index in [0.717, 1.165) is 50.1 Å². The van der Waals surface area contributed by atoms with Crippen LogP contribution in [-0.4, -0.2) is 38.4 Å². The summed E-state index contributed by atoms with van der Waals surface area (Å²) in [6.07, 6.45) is 5.38. The molecule has 3 heterocycles. The van der Waals surface area contributed by atoms with Crippen molar-refractivity contribution in [2.75, 3.05) is 19.5 Å². The number of nitrogens with two attached hydrogens (primary N) is 1. The number of rotatable bonds is 6. The maximum Gasteiger partial charge on any atom is 0.132 e. The number of benzene rings is 2. The number of hydrogen-bond donors (Lipinski definition) is 1. The van der Waals surface area contributed by atoms with E-state index in [-0.39, 0.29) is 0 Å². The fraction of sp³-hybridized carbons (Fsp3) is 0.185. The topological polar surface area (TPSA) is 91.7 Å². The minimum atomic E-state index is 0.464. The Hall–Kier alpha value is -4.10. The zero-order valence-electron chi connectivity index (χ0n) is 19.5. The van der Waals surface area contributed by atoms with Crippen LogP contribution < -0.4 is 5.73 Å². The third kappa shape index (κ3) is 4.13. The maximum atomic E-state index is 6.50. The third-order valence-electron chi connectivity index (χ3n) is 5.99. The van der Waals surface area contributed by atoms with Crippen molar-refractivity contribution in [3.05, 3.63) is 78.5 Å². The fourth-order valence-electron chi connectivity index (χ4n) is 4.07. The maximum absolute atomic E-state index is 6.50. The van der Waals surface area contributed by atoms with Gasteiger partial charge in [-0.2, -0.15) is 5.10 Å². The minimum Gasteiger partial charge on any atom is -0.383 e. The van der Waals surface area contributed by atoms with Crippen molar-refractivity contribution in [3.8, 4) is 33.5 Å². The molecule has 2 aromatic carbocycles. The Balaban J connectivity index is 1.70. The molecule has 34 heavy (non-hydrogen) atoms. The van der Waals surface area contributed by atoms with Gasteiger partial charge in [0.1, 0.15) is 12.1 Å². The van der Waals surface area contributed by atoms with Crippen LogP contribution in [0.5, 0.6) is 0 Å². The molecule has 0 bridgehead atoms. The van der Waals surface area contributed by atoms with E-state index in [1.165, 1.54) is 5.56 Å². The van der Waals surface area contributed by atoms with Gasteiger partial charge in [-0.3, -0.25) is 4.68 Å². The smallest absolute Gasteiger partial charge is 0.132 e. The van der Waals surface area contributed by atoms with Gasteiger partial charge in [-0.1, -0.05) is 35.9 Å². The summed E-state index contributed by atoms with van der Waals surface area (Å²) < 4.78 is 7.02. The van der Waals surface area contributed by atoms with Gasteiger partial charge in [-0.05, 0) is 37.6 Å². The second-order valence-electron chi connectivity index (χ2n) is 8.36. The first kappa shape index (κ1) is 21.7. The van der Waals surface area contributed by atoms with Crippen LogP contribution in [0.1, 0.15) is 11.3 Å². The van der Waals surface area contributed by atoms with E-state index in [1.807, 2.05) is 30.1 Å². The van der Waals surface area contributed by atoms with Crippen LogP contribution in [-0.2, 0) is 11.3 Å². The summed E-state index contributed by atoms with van der Waals surface area (Å²) >= 11 is 0. The van der Waals surface area contributed by atoms with Crippen LogP contribution in [0.4, 0.5) is 5.82 Å². The zero-order valence-corrected chi connectivity index (χ0v) is 19.5. The van der Waals surface area contributed by atoms with E-state index in [0.29, 0.717) is 19.0 Å². The molecular weight excluding hydrogens is 424 g/mol. The summed E-state index contributed by atoms with van der Waals surface area (Å²) in [4.78, 5) is 13.7. The van der Waals surface area contributed by atoms with Gasteiger partial charge >= 0.3 is 0 Å². The number of pyridine rings is 1. The summed E-state index contributed by atoms with van der Waals surface area (Å²) in [5.74, 6) is 0.464. The molecule has 0 fully saturated rings. The number of nitrogen functional groups attached to an aromatic ring is 1. The first-order valence-electron chi connectivity index (χ1n) is 11.1. The molecule has 0 saturated carbocycles. The zero-order chi connectivity index (χ0) is 23.7.